The van der Waals surface area contributed by atoms with Gasteiger partial charge in [0, 0.05) is 18.8 Å². The summed E-state index contributed by atoms with van der Waals surface area (Å²) in [7, 11) is 3.84. The van der Waals surface area contributed by atoms with Crippen molar-refractivity contribution in [2.75, 3.05) is 7.05 Å². The number of nitrogens with zero attached hydrogens (tertiary/aromatic N) is 2. The van der Waals surface area contributed by atoms with Crippen LogP contribution >= 0.6 is 0 Å². The van der Waals surface area contributed by atoms with Crippen LogP contribution < -0.4 is 5.32 Å². The van der Waals surface area contributed by atoms with E-state index >= 15 is 0 Å². The fraction of sp³-hybridized carbons (Fsp3) is 0.364. The standard InChI is InChI=1S/C11H15N3O/c1-8-9(7-14(3)13-8)11(12-2)10-5-4-6-15-10/h4-7,11-12H,1-3H3. The van der Waals surface area contributed by atoms with E-state index in [0.717, 1.165) is 17.0 Å². The molecular weight excluding hydrogens is 190 g/mol. The highest BCUT2D eigenvalue weighted by Gasteiger charge is 2.18. The van der Waals surface area contributed by atoms with Crippen LogP contribution in [0.5, 0.6) is 0 Å². The minimum atomic E-state index is 0.0775. The zero-order valence-corrected chi connectivity index (χ0v) is 9.19. The average Bonchev–Trinajstić information content (AvgIpc) is 2.79. The Labute approximate surface area is 88.9 Å². The molecule has 0 aliphatic heterocycles. The summed E-state index contributed by atoms with van der Waals surface area (Å²) >= 11 is 0. The second-order valence-corrected chi connectivity index (χ2v) is 3.58. The molecule has 2 aromatic rings. The first-order valence-corrected chi connectivity index (χ1v) is 4.93. The van der Waals surface area contributed by atoms with Crippen molar-refractivity contribution in [2.45, 2.75) is 13.0 Å². The molecule has 15 heavy (non-hydrogen) atoms. The monoisotopic (exact) mass is 205 g/mol. The van der Waals surface area contributed by atoms with E-state index in [0.29, 0.717) is 0 Å². The van der Waals surface area contributed by atoms with Crippen LogP contribution in [0.15, 0.2) is 29.0 Å². The van der Waals surface area contributed by atoms with Crippen molar-refractivity contribution in [2.24, 2.45) is 7.05 Å². The van der Waals surface area contributed by atoms with Crippen LogP contribution in [-0.2, 0) is 7.05 Å². The zero-order chi connectivity index (χ0) is 10.8. The van der Waals surface area contributed by atoms with Gasteiger partial charge >= 0.3 is 0 Å². The summed E-state index contributed by atoms with van der Waals surface area (Å²) in [5.74, 6) is 0.911. The summed E-state index contributed by atoms with van der Waals surface area (Å²) in [6, 6.07) is 3.94. The Bertz CT molecular complexity index is 431. The van der Waals surface area contributed by atoms with Gasteiger partial charge in [-0.1, -0.05) is 0 Å². The number of hydrogen-bond acceptors (Lipinski definition) is 3. The summed E-state index contributed by atoms with van der Waals surface area (Å²) in [4.78, 5) is 0. The van der Waals surface area contributed by atoms with Crippen LogP contribution in [-0.4, -0.2) is 16.8 Å². The summed E-state index contributed by atoms with van der Waals surface area (Å²) in [6.45, 7) is 2.00. The minimum Gasteiger partial charge on any atom is -0.467 e. The molecule has 0 bridgehead atoms. The maximum absolute atomic E-state index is 5.41. The minimum absolute atomic E-state index is 0.0775. The van der Waals surface area contributed by atoms with Crippen molar-refractivity contribution in [3.63, 3.8) is 0 Å². The number of nitrogens with one attached hydrogen (secondary N) is 1. The van der Waals surface area contributed by atoms with Crippen LogP contribution in [0.2, 0.25) is 0 Å². The molecule has 0 aliphatic rings. The second kappa shape index (κ2) is 3.90. The molecule has 0 aliphatic carbocycles. The SMILES string of the molecule is CNC(c1ccco1)c1cn(C)nc1C. The van der Waals surface area contributed by atoms with Crippen LogP contribution in [0, 0.1) is 6.92 Å². The first kappa shape index (κ1) is 9.98. The predicted molar refractivity (Wildman–Crippen MR) is 57.6 cm³/mol. The van der Waals surface area contributed by atoms with Crippen molar-refractivity contribution in [3.8, 4) is 0 Å². The summed E-state index contributed by atoms with van der Waals surface area (Å²) < 4.78 is 7.22. The molecular formula is C11H15N3O. The lowest BCUT2D eigenvalue weighted by atomic mass is 10.1. The third-order valence-corrected chi connectivity index (χ3v) is 2.48. The molecule has 0 saturated carbocycles. The van der Waals surface area contributed by atoms with Gasteiger partial charge in [-0.15, -0.1) is 0 Å². The van der Waals surface area contributed by atoms with E-state index < -0.39 is 0 Å². The van der Waals surface area contributed by atoms with E-state index in [1.807, 2.05) is 44.0 Å². The van der Waals surface area contributed by atoms with Gasteiger partial charge in [0.15, 0.2) is 0 Å². The smallest absolute Gasteiger partial charge is 0.125 e. The van der Waals surface area contributed by atoms with Gasteiger partial charge in [-0.2, -0.15) is 5.10 Å². The predicted octanol–water partition coefficient (Wildman–Crippen LogP) is 1.63. The first-order chi connectivity index (χ1) is 7.22. The molecule has 2 rings (SSSR count). The van der Waals surface area contributed by atoms with Gasteiger partial charge in [-0.25, -0.2) is 0 Å². The highest BCUT2D eigenvalue weighted by atomic mass is 16.3. The van der Waals surface area contributed by atoms with Gasteiger partial charge in [-0.05, 0) is 26.1 Å². The topological polar surface area (TPSA) is 43.0 Å². The summed E-state index contributed by atoms with van der Waals surface area (Å²) in [6.07, 6.45) is 3.70. The molecule has 0 spiro atoms. The Hall–Kier alpha value is -1.55. The summed E-state index contributed by atoms with van der Waals surface area (Å²) in [5.41, 5.74) is 2.17. The van der Waals surface area contributed by atoms with Gasteiger partial charge < -0.3 is 9.73 Å². The lowest BCUT2D eigenvalue weighted by Crippen LogP contribution is -2.17. The third kappa shape index (κ3) is 1.80. The number of aromatic nitrogens is 2. The normalized spacial score (nSPS) is 13.0. The largest absolute Gasteiger partial charge is 0.467 e. The molecule has 0 radical (unpaired) electrons. The number of aryl methyl sites for hydroxylation is 2. The lowest BCUT2D eigenvalue weighted by molar-refractivity contribution is 0.462. The molecule has 1 unspecified atom stereocenters. The molecule has 4 nitrogen and oxygen atoms in total. The zero-order valence-electron chi connectivity index (χ0n) is 9.19. The van der Waals surface area contributed by atoms with E-state index in [2.05, 4.69) is 10.4 Å². The fourth-order valence-corrected chi connectivity index (χ4v) is 1.81. The van der Waals surface area contributed by atoms with Gasteiger partial charge in [-0.3, -0.25) is 4.68 Å². The summed E-state index contributed by atoms with van der Waals surface area (Å²) in [5, 5.41) is 7.55. The molecule has 2 aromatic heterocycles. The quantitative estimate of drug-likeness (QED) is 0.828. The maximum atomic E-state index is 5.41. The van der Waals surface area contributed by atoms with Crippen LogP contribution in [0.4, 0.5) is 0 Å². The van der Waals surface area contributed by atoms with Crippen molar-refractivity contribution in [1.82, 2.24) is 15.1 Å². The molecule has 2 heterocycles. The Morgan fingerprint density at radius 3 is 2.80 bits per heavy atom. The Morgan fingerprint density at radius 2 is 2.33 bits per heavy atom. The molecule has 1 atom stereocenters. The highest BCUT2D eigenvalue weighted by molar-refractivity contribution is 5.27. The van der Waals surface area contributed by atoms with Gasteiger partial charge in [0.25, 0.3) is 0 Å². The van der Waals surface area contributed by atoms with Gasteiger partial charge in [0.05, 0.1) is 18.0 Å². The van der Waals surface area contributed by atoms with E-state index in [4.69, 9.17) is 4.42 Å². The second-order valence-electron chi connectivity index (χ2n) is 3.58. The molecule has 4 heteroatoms. The van der Waals surface area contributed by atoms with E-state index in [-0.39, 0.29) is 6.04 Å². The van der Waals surface area contributed by atoms with E-state index in [1.165, 1.54) is 0 Å². The Morgan fingerprint density at radius 1 is 1.53 bits per heavy atom. The Balaban J connectivity index is 2.39. The number of hydrogen-bond donors (Lipinski definition) is 1. The van der Waals surface area contributed by atoms with Crippen LogP contribution in [0.3, 0.4) is 0 Å². The van der Waals surface area contributed by atoms with Gasteiger partial charge in [0.1, 0.15) is 5.76 Å². The third-order valence-electron chi connectivity index (χ3n) is 2.48. The Kier molecular flexibility index (Phi) is 2.60. The van der Waals surface area contributed by atoms with Crippen LogP contribution in [0.25, 0.3) is 0 Å². The van der Waals surface area contributed by atoms with E-state index in [9.17, 15) is 0 Å². The molecule has 0 amide bonds. The fourth-order valence-electron chi connectivity index (χ4n) is 1.81. The highest BCUT2D eigenvalue weighted by Crippen LogP contribution is 2.23. The molecule has 0 aromatic carbocycles. The molecule has 80 valence electrons. The molecule has 0 saturated heterocycles. The molecule has 0 fully saturated rings. The van der Waals surface area contributed by atoms with Crippen LogP contribution in [0.1, 0.15) is 23.1 Å². The number of furan rings is 1. The van der Waals surface area contributed by atoms with E-state index in [1.54, 1.807) is 6.26 Å². The van der Waals surface area contributed by atoms with Crippen molar-refractivity contribution >= 4 is 0 Å². The molecule has 1 N–H and O–H groups in total. The van der Waals surface area contributed by atoms with Crippen molar-refractivity contribution in [1.29, 1.82) is 0 Å². The number of rotatable bonds is 3. The van der Waals surface area contributed by atoms with Crippen molar-refractivity contribution in [3.05, 3.63) is 41.6 Å². The average molecular weight is 205 g/mol. The van der Waals surface area contributed by atoms with Gasteiger partial charge in [0.2, 0.25) is 0 Å². The van der Waals surface area contributed by atoms with Crippen molar-refractivity contribution < 1.29 is 4.42 Å². The lowest BCUT2D eigenvalue weighted by Gasteiger charge is -2.12. The maximum Gasteiger partial charge on any atom is 0.125 e. The first-order valence-electron chi connectivity index (χ1n) is 4.93.